The van der Waals surface area contributed by atoms with Gasteiger partial charge in [-0.25, -0.2) is 0 Å². The maximum absolute atomic E-state index is 5.81. The monoisotopic (exact) mass is 267 g/mol. The summed E-state index contributed by atoms with van der Waals surface area (Å²) < 4.78 is 5.81. The first-order valence-corrected chi connectivity index (χ1v) is 6.99. The molecule has 0 aliphatic heterocycles. The van der Waals surface area contributed by atoms with E-state index in [1.807, 2.05) is 37.3 Å². The Morgan fingerprint density at radius 2 is 1.75 bits per heavy atom. The Labute approximate surface area is 121 Å². The molecule has 2 heteroatoms. The van der Waals surface area contributed by atoms with Gasteiger partial charge < -0.3 is 10.1 Å². The Morgan fingerprint density at radius 3 is 2.55 bits per heavy atom. The number of hydrogen-bond acceptors (Lipinski definition) is 2. The van der Waals surface area contributed by atoms with E-state index in [0.29, 0.717) is 6.61 Å². The topological polar surface area (TPSA) is 21.3 Å². The summed E-state index contributed by atoms with van der Waals surface area (Å²) in [6, 6.07) is 18.5. The third kappa shape index (κ3) is 4.56. The van der Waals surface area contributed by atoms with Crippen LogP contribution < -0.4 is 10.1 Å². The van der Waals surface area contributed by atoms with Crippen molar-refractivity contribution in [3.05, 3.63) is 71.8 Å². The van der Waals surface area contributed by atoms with Crippen LogP contribution in [-0.2, 0) is 6.54 Å². The lowest BCUT2D eigenvalue weighted by Gasteiger charge is -2.10. The predicted molar refractivity (Wildman–Crippen MR) is 84.8 cm³/mol. The standard InChI is InChI=1S/C18H21NO/c1-2-8-17-11-6-7-12-18(17)20-14-13-19-15-16-9-4-3-5-10-16/h2-12,19H,13-15H2,1H3. The first-order chi connectivity index (χ1) is 9.90. The van der Waals surface area contributed by atoms with E-state index in [2.05, 4.69) is 41.7 Å². The summed E-state index contributed by atoms with van der Waals surface area (Å²) >= 11 is 0. The second-order valence-corrected chi connectivity index (χ2v) is 4.55. The number of nitrogens with one attached hydrogen (secondary N) is 1. The van der Waals surface area contributed by atoms with Gasteiger partial charge in [0.15, 0.2) is 0 Å². The average molecular weight is 267 g/mol. The second kappa shape index (κ2) is 8.18. The Bertz CT molecular complexity index is 534. The highest BCUT2D eigenvalue weighted by Gasteiger charge is 1.98. The van der Waals surface area contributed by atoms with E-state index in [9.17, 15) is 0 Å². The molecule has 2 rings (SSSR count). The van der Waals surface area contributed by atoms with E-state index in [1.54, 1.807) is 0 Å². The van der Waals surface area contributed by atoms with E-state index in [-0.39, 0.29) is 0 Å². The van der Waals surface area contributed by atoms with E-state index in [4.69, 9.17) is 4.74 Å². The maximum Gasteiger partial charge on any atom is 0.126 e. The van der Waals surface area contributed by atoms with Gasteiger partial charge in [0.1, 0.15) is 12.4 Å². The van der Waals surface area contributed by atoms with Gasteiger partial charge in [-0.1, -0.05) is 60.7 Å². The molecule has 0 amide bonds. The average Bonchev–Trinajstić information content (AvgIpc) is 2.50. The Kier molecular flexibility index (Phi) is 5.87. The smallest absolute Gasteiger partial charge is 0.126 e. The molecule has 0 radical (unpaired) electrons. The molecule has 2 aromatic carbocycles. The molecule has 0 aliphatic carbocycles. The lowest BCUT2D eigenvalue weighted by molar-refractivity contribution is 0.313. The largest absolute Gasteiger partial charge is 0.492 e. The van der Waals surface area contributed by atoms with Crippen LogP contribution in [0.4, 0.5) is 0 Å². The van der Waals surface area contributed by atoms with E-state index in [1.165, 1.54) is 5.56 Å². The van der Waals surface area contributed by atoms with E-state index < -0.39 is 0 Å². The van der Waals surface area contributed by atoms with Crippen LogP contribution in [0.2, 0.25) is 0 Å². The number of hydrogen-bond donors (Lipinski definition) is 1. The summed E-state index contributed by atoms with van der Waals surface area (Å²) in [4.78, 5) is 0. The molecule has 0 saturated carbocycles. The van der Waals surface area contributed by atoms with Gasteiger partial charge in [-0.3, -0.25) is 0 Å². The SMILES string of the molecule is CC=Cc1ccccc1OCCNCc1ccccc1. The fraction of sp³-hybridized carbons (Fsp3) is 0.222. The third-order valence-electron chi connectivity index (χ3n) is 2.97. The number of ether oxygens (including phenoxy) is 1. The number of rotatable bonds is 7. The zero-order chi connectivity index (χ0) is 14.0. The highest BCUT2D eigenvalue weighted by atomic mass is 16.5. The summed E-state index contributed by atoms with van der Waals surface area (Å²) in [5, 5.41) is 3.38. The minimum Gasteiger partial charge on any atom is -0.492 e. The van der Waals surface area contributed by atoms with Crippen LogP contribution >= 0.6 is 0 Å². The quantitative estimate of drug-likeness (QED) is 0.768. The molecule has 0 aromatic heterocycles. The fourth-order valence-electron chi connectivity index (χ4n) is 1.99. The van der Waals surface area contributed by atoms with Gasteiger partial charge in [-0.15, -0.1) is 0 Å². The first kappa shape index (κ1) is 14.4. The molecule has 104 valence electrons. The zero-order valence-electron chi connectivity index (χ0n) is 11.9. The zero-order valence-corrected chi connectivity index (χ0v) is 11.9. The van der Waals surface area contributed by atoms with Crippen LogP contribution in [0.3, 0.4) is 0 Å². The lowest BCUT2D eigenvalue weighted by atomic mass is 10.2. The van der Waals surface area contributed by atoms with Crippen molar-refractivity contribution in [3.63, 3.8) is 0 Å². The molecule has 2 nitrogen and oxygen atoms in total. The van der Waals surface area contributed by atoms with Crippen molar-refractivity contribution < 1.29 is 4.74 Å². The second-order valence-electron chi connectivity index (χ2n) is 4.55. The molecule has 0 atom stereocenters. The molecule has 0 spiro atoms. The van der Waals surface area contributed by atoms with Crippen molar-refractivity contribution in [2.45, 2.75) is 13.5 Å². The Hall–Kier alpha value is -2.06. The van der Waals surface area contributed by atoms with Crippen molar-refractivity contribution in [1.29, 1.82) is 0 Å². The Morgan fingerprint density at radius 1 is 1.00 bits per heavy atom. The van der Waals surface area contributed by atoms with Crippen molar-refractivity contribution in [1.82, 2.24) is 5.32 Å². The summed E-state index contributed by atoms with van der Waals surface area (Å²) in [7, 11) is 0. The van der Waals surface area contributed by atoms with Crippen LogP contribution in [0.5, 0.6) is 5.75 Å². The van der Waals surface area contributed by atoms with Crippen LogP contribution in [-0.4, -0.2) is 13.2 Å². The Balaban J connectivity index is 1.74. The highest BCUT2D eigenvalue weighted by Crippen LogP contribution is 2.19. The minimum atomic E-state index is 0.668. The highest BCUT2D eigenvalue weighted by molar-refractivity contribution is 5.56. The van der Waals surface area contributed by atoms with Gasteiger partial charge in [-0.2, -0.15) is 0 Å². The lowest BCUT2D eigenvalue weighted by Crippen LogP contribution is -2.20. The molecule has 1 N–H and O–H groups in total. The molecule has 0 unspecified atom stereocenters. The molecule has 0 bridgehead atoms. The van der Waals surface area contributed by atoms with Crippen LogP contribution in [0.15, 0.2) is 60.7 Å². The van der Waals surface area contributed by atoms with E-state index >= 15 is 0 Å². The third-order valence-corrected chi connectivity index (χ3v) is 2.97. The van der Waals surface area contributed by atoms with Crippen LogP contribution in [0, 0.1) is 0 Å². The van der Waals surface area contributed by atoms with Gasteiger partial charge in [0.2, 0.25) is 0 Å². The molecule has 20 heavy (non-hydrogen) atoms. The molecular weight excluding hydrogens is 246 g/mol. The predicted octanol–water partition coefficient (Wildman–Crippen LogP) is 3.89. The summed E-state index contributed by atoms with van der Waals surface area (Å²) in [5.41, 5.74) is 2.42. The molecule has 0 saturated heterocycles. The molecule has 0 aliphatic rings. The summed E-state index contributed by atoms with van der Waals surface area (Å²) in [6.07, 6.45) is 4.09. The van der Waals surface area contributed by atoms with Crippen LogP contribution in [0.25, 0.3) is 6.08 Å². The fourth-order valence-corrected chi connectivity index (χ4v) is 1.99. The van der Waals surface area contributed by atoms with Crippen molar-refractivity contribution >= 4 is 6.08 Å². The normalized spacial score (nSPS) is 10.8. The van der Waals surface area contributed by atoms with Gasteiger partial charge in [0, 0.05) is 18.7 Å². The van der Waals surface area contributed by atoms with Crippen molar-refractivity contribution in [3.8, 4) is 5.75 Å². The van der Waals surface area contributed by atoms with E-state index in [0.717, 1.165) is 24.4 Å². The molecule has 0 heterocycles. The van der Waals surface area contributed by atoms with Crippen molar-refractivity contribution in [2.75, 3.05) is 13.2 Å². The minimum absolute atomic E-state index is 0.668. The van der Waals surface area contributed by atoms with Gasteiger partial charge in [-0.05, 0) is 18.6 Å². The first-order valence-electron chi connectivity index (χ1n) is 6.99. The summed E-state index contributed by atoms with van der Waals surface area (Å²) in [5.74, 6) is 0.937. The van der Waals surface area contributed by atoms with Gasteiger partial charge >= 0.3 is 0 Å². The maximum atomic E-state index is 5.81. The van der Waals surface area contributed by atoms with Crippen molar-refractivity contribution in [2.24, 2.45) is 0 Å². The van der Waals surface area contributed by atoms with Gasteiger partial charge in [0.05, 0.1) is 0 Å². The number of benzene rings is 2. The van der Waals surface area contributed by atoms with Gasteiger partial charge in [0.25, 0.3) is 0 Å². The number of para-hydroxylation sites is 1. The molecule has 2 aromatic rings. The molecule has 0 fully saturated rings. The number of allylic oxidation sites excluding steroid dienone is 1. The van der Waals surface area contributed by atoms with Crippen LogP contribution in [0.1, 0.15) is 18.1 Å². The summed E-state index contributed by atoms with van der Waals surface area (Å²) in [6.45, 7) is 4.39. The molecular formula is C18H21NO.